The molecule has 0 fully saturated rings. The van der Waals surface area contributed by atoms with Crippen LogP contribution in [0.4, 0.5) is 0 Å². The Kier molecular flexibility index (Phi) is 2.96. The standard InChI is InChI=1S/C13H11NO2/c15-12-7-6-11(8-13(12)16)14-9-10-4-2-1-3-5-10/h1-8,14H,9H2. The molecule has 3 heteroatoms. The number of ketones is 2. The normalized spacial score (nSPS) is 14.9. The smallest absolute Gasteiger partial charge is 0.227 e. The quantitative estimate of drug-likeness (QED) is 0.609. The summed E-state index contributed by atoms with van der Waals surface area (Å²) < 4.78 is 0. The van der Waals surface area contributed by atoms with Crippen LogP contribution in [0, 0.1) is 0 Å². The number of carbonyl (C=O) groups is 2. The van der Waals surface area contributed by atoms with Crippen molar-refractivity contribution < 1.29 is 9.59 Å². The van der Waals surface area contributed by atoms with Gasteiger partial charge in [0.05, 0.1) is 0 Å². The first-order chi connectivity index (χ1) is 7.75. The first-order valence-corrected chi connectivity index (χ1v) is 5.01. The van der Waals surface area contributed by atoms with E-state index in [4.69, 9.17) is 0 Å². The van der Waals surface area contributed by atoms with Gasteiger partial charge in [-0.3, -0.25) is 9.59 Å². The van der Waals surface area contributed by atoms with Gasteiger partial charge < -0.3 is 5.32 Å². The topological polar surface area (TPSA) is 46.2 Å². The molecular weight excluding hydrogens is 202 g/mol. The summed E-state index contributed by atoms with van der Waals surface area (Å²) in [6.45, 7) is 0.637. The molecule has 0 aliphatic heterocycles. The zero-order chi connectivity index (χ0) is 11.4. The van der Waals surface area contributed by atoms with E-state index in [2.05, 4.69) is 5.32 Å². The fraction of sp³-hybridized carbons (Fsp3) is 0.0769. The van der Waals surface area contributed by atoms with Gasteiger partial charge in [-0.05, 0) is 17.7 Å². The number of nitrogens with one attached hydrogen (secondary N) is 1. The van der Waals surface area contributed by atoms with Crippen molar-refractivity contribution in [2.45, 2.75) is 6.54 Å². The Morgan fingerprint density at radius 2 is 1.69 bits per heavy atom. The van der Waals surface area contributed by atoms with E-state index in [0.717, 1.165) is 5.56 Å². The summed E-state index contributed by atoms with van der Waals surface area (Å²) in [5.41, 5.74) is 1.80. The molecule has 2 rings (SSSR count). The van der Waals surface area contributed by atoms with E-state index in [-0.39, 0.29) is 0 Å². The maximum Gasteiger partial charge on any atom is 0.227 e. The van der Waals surface area contributed by atoms with Crippen LogP contribution in [0.1, 0.15) is 5.56 Å². The Labute approximate surface area is 93.5 Å². The molecule has 1 aliphatic rings. The number of hydrogen-bond acceptors (Lipinski definition) is 3. The number of carbonyl (C=O) groups excluding carboxylic acids is 2. The van der Waals surface area contributed by atoms with Crippen molar-refractivity contribution in [3.8, 4) is 0 Å². The third-order valence-electron chi connectivity index (χ3n) is 2.28. The molecule has 0 spiro atoms. The van der Waals surface area contributed by atoms with Gasteiger partial charge in [0, 0.05) is 18.3 Å². The molecule has 1 N–H and O–H groups in total. The minimum absolute atomic E-state index is 0.467. The molecule has 0 aromatic heterocycles. The number of allylic oxidation sites excluding steroid dienone is 3. The highest BCUT2D eigenvalue weighted by Gasteiger charge is 2.12. The number of benzene rings is 1. The lowest BCUT2D eigenvalue weighted by Gasteiger charge is -2.09. The minimum Gasteiger partial charge on any atom is -0.381 e. The van der Waals surface area contributed by atoms with E-state index < -0.39 is 11.6 Å². The van der Waals surface area contributed by atoms with Crippen molar-refractivity contribution in [2.24, 2.45) is 0 Å². The molecular formula is C13H11NO2. The molecule has 0 amide bonds. The molecule has 0 saturated carbocycles. The average molecular weight is 213 g/mol. The van der Waals surface area contributed by atoms with Crippen molar-refractivity contribution in [1.29, 1.82) is 0 Å². The second kappa shape index (κ2) is 4.57. The Morgan fingerprint density at radius 1 is 0.938 bits per heavy atom. The van der Waals surface area contributed by atoms with Gasteiger partial charge in [-0.15, -0.1) is 0 Å². The van der Waals surface area contributed by atoms with Crippen LogP contribution in [0.5, 0.6) is 0 Å². The highest BCUT2D eigenvalue weighted by molar-refractivity contribution is 6.46. The van der Waals surface area contributed by atoms with E-state index in [1.807, 2.05) is 30.3 Å². The highest BCUT2D eigenvalue weighted by Crippen LogP contribution is 2.04. The van der Waals surface area contributed by atoms with E-state index in [1.54, 1.807) is 6.08 Å². The van der Waals surface area contributed by atoms with Crippen molar-refractivity contribution in [2.75, 3.05) is 0 Å². The maximum absolute atomic E-state index is 11.1. The lowest BCUT2D eigenvalue weighted by atomic mass is 10.1. The summed E-state index contributed by atoms with van der Waals surface area (Å²) in [7, 11) is 0. The lowest BCUT2D eigenvalue weighted by Crippen LogP contribution is -2.19. The van der Waals surface area contributed by atoms with E-state index in [0.29, 0.717) is 12.2 Å². The van der Waals surface area contributed by atoms with Crippen molar-refractivity contribution >= 4 is 11.6 Å². The van der Waals surface area contributed by atoms with Crippen molar-refractivity contribution in [3.63, 3.8) is 0 Å². The zero-order valence-corrected chi connectivity index (χ0v) is 8.64. The SMILES string of the molecule is O=C1C=CC(NCc2ccccc2)=CC1=O. The van der Waals surface area contributed by atoms with E-state index in [9.17, 15) is 9.59 Å². The summed E-state index contributed by atoms with van der Waals surface area (Å²) in [5.74, 6) is -0.941. The van der Waals surface area contributed by atoms with Crippen LogP contribution in [-0.2, 0) is 16.1 Å². The molecule has 0 atom stereocenters. The Hall–Kier alpha value is -2.16. The Balaban J connectivity index is 1.97. The number of hydrogen-bond donors (Lipinski definition) is 1. The van der Waals surface area contributed by atoms with Gasteiger partial charge in [-0.2, -0.15) is 0 Å². The summed E-state index contributed by atoms with van der Waals surface area (Å²) in [4.78, 5) is 22.0. The predicted molar refractivity (Wildman–Crippen MR) is 60.5 cm³/mol. The second-order valence-corrected chi connectivity index (χ2v) is 3.50. The third-order valence-corrected chi connectivity index (χ3v) is 2.28. The van der Waals surface area contributed by atoms with Crippen LogP contribution in [0.3, 0.4) is 0 Å². The van der Waals surface area contributed by atoms with Gasteiger partial charge in [-0.1, -0.05) is 30.3 Å². The van der Waals surface area contributed by atoms with Crippen LogP contribution in [0.25, 0.3) is 0 Å². The van der Waals surface area contributed by atoms with Crippen LogP contribution < -0.4 is 5.32 Å². The maximum atomic E-state index is 11.1. The molecule has 0 unspecified atom stereocenters. The summed E-state index contributed by atoms with van der Waals surface area (Å²) in [5, 5.41) is 3.09. The van der Waals surface area contributed by atoms with E-state index >= 15 is 0 Å². The average Bonchev–Trinajstić information content (AvgIpc) is 2.32. The second-order valence-electron chi connectivity index (χ2n) is 3.50. The van der Waals surface area contributed by atoms with Crippen LogP contribution in [0.15, 0.2) is 54.3 Å². The van der Waals surface area contributed by atoms with Gasteiger partial charge in [-0.25, -0.2) is 0 Å². The molecule has 0 heterocycles. The Bertz CT molecular complexity index is 472. The van der Waals surface area contributed by atoms with Gasteiger partial charge in [0.25, 0.3) is 0 Å². The molecule has 0 saturated heterocycles. The fourth-order valence-electron chi connectivity index (χ4n) is 1.42. The molecule has 80 valence electrons. The zero-order valence-electron chi connectivity index (χ0n) is 8.64. The van der Waals surface area contributed by atoms with Crippen LogP contribution in [0.2, 0.25) is 0 Å². The summed E-state index contributed by atoms with van der Waals surface area (Å²) in [6.07, 6.45) is 4.23. The first-order valence-electron chi connectivity index (χ1n) is 5.01. The summed E-state index contributed by atoms with van der Waals surface area (Å²) >= 11 is 0. The van der Waals surface area contributed by atoms with Gasteiger partial charge >= 0.3 is 0 Å². The highest BCUT2D eigenvalue weighted by atomic mass is 16.2. The first kappa shape index (κ1) is 10.4. The molecule has 0 bridgehead atoms. The van der Waals surface area contributed by atoms with E-state index in [1.165, 1.54) is 12.2 Å². The minimum atomic E-state index is -0.474. The fourth-order valence-corrected chi connectivity index (χ4v) is 1.42. The largest absolute Gasteiger partial charge is 0.381 e. The molecule has 1 aromatic rings. The third kappa shape index (κ3) is 2.45. The summed E-state index contributed by atoms with van der Waals surface area (Å²) in [6, 6.07) is 9.85. The monoisotopic (exact) mass is 213 g/mol. The molecule has 16 heavy (non-hydrogen) atoms. The molecule has 1 aliphatic carbocycles. The van der Waals surface area contributed by atoms with Gasteiger partial charge in [0.2, 0.25) is 11.6 Å². The molecule has 1 aromatic carbocycles. The number of rotatable bonds is 3. The lowest BCUT2D eigenvalue weighted by molar-refractivity contribution is -0.131. The van der Waals surface area contributed by atoms with Crippen molar-refractivity contribution in [1.82, 2.24) is 5.32 Å². The molecule has 3 nitrogen and oxygen atoms in total. The van der Waals surface area contributed by atoms with Gasteiger partial charge in [0.1, 0.15) is 0 Å². The van der Waals surface area contributed by atoms with Gasteiger partial charge in [0.15, 0.2) is 0 Å². The molecule has 0 radical (unpaired) electrons. The predicted octanol–water partition coefficient (Wildman–Crippen LogP) is 1.37. The van der Waals surface area contributed by atoms with Crippen molar-refractivity contribution in [3.05, 3.63) is 59.8 Å². The van der Waals surface area contributed by atoms with Crippen LogP contribution in [-0.4, -0.2) is 11.6 Å². The Morgan fingerprint density at radius 3 is 2.38 bits per heavy atom. The van der Waals surface area contributed by atoms with Crippen LogP contribution >= 0.6 is 0 Å².